The molecule has 0 saturated carbocycles. The Morgan fingerprint density at radius 1 is 1.36 bits per heavy atom. The van der Waals surface area contributed by atoms with Gasteiger partial charge in [-0.15, -0.1) is 0 Å². The summed E-state index contributed by atoms with van der Waals surface area (Å²) >= 11 is 0. The smallest absolute Gasteiger partial charge is 0.138 e. The molecule has 0 rings (SSSR count). The Bertz CT molecular complexity index is 70.8. The minimum Gasteiger partial charge on any atom is -0.358 e. The SMILES string of the molecule is CCCN.COC(C)([SiH3])OC. The Balaban J connectivity index is 0. The lowest BCUT2D eigenvalue weighted by Crippen LogP contribution is -2.29. The highest BCUT2D eigenvalue weighted by atomic mass is 28.1. The van der Waals surface area contributed by atoms with E-state index in [1.165, 1.54) is 0 Å². The zero-order valence-corrected chi connectivity index (χ0v) is 10.3. The van der Waals surface area contributed by atoms with Crippen LogP contribution in [0.3, 0.4) is 0 Å². The molecule has 0 bridgehead atoms. The lowest BCUT2D eigenvalue weighted by molar-refractivity contribution is -0.127. The van der Waals surface area contributed by atoms with Gasteiger partial charge in [-0.1, -0.05) is 6.92 Å². The van der Waals surface area contributed by atoms with Crippen LogP contribution in [0.2, 0.25) is 0 Å². The fourth-order valence-electron chi connectivity index (χ4n) is 0.0833. The van der Waals surface area contributed by atoms with Crippen LogP contribution >= 0.6 is 0 Å². The van der Waals surface area contributed by atoms with Gasteiger partial charge in [-0.2, -0.15) is 0 Å². The van der Waals surface area contributed by atoms with E-state index >= 15 is 0 Å². The number of hydrogen-bond acceptors (Lipinski definition) is 3. The van der Waals surface area contributed by atoms with Crippen LogP contribution in [-0.4, -0.2) is 36.4 Å². The number of ether oxygens (including phenoxy) is 2. The molecule has 4 heteroatoms. The molecule has 0 aromatic carbocycles. The molecular formula is C7H21NO2Si. The largest absolute Gasteiger partial charge is 0.358 e. The fourth-order valence-corrected chi connectivity index (χ4v) is 0.0833. The quantitative estimate of drug-likeness (QED) is 0.477. The molecule has 0 aliphatic rings. The molecule has 0 aromatic rings. The van der Waals surface area contributed by atoms with Crippen LogP contribution < -0.4 is 5.73 Å². The van der Waals surface area contributed by atoms with Gasteiger partial charge in [0.1, 0.15) is 5.41 Å². The highest BCUT2D eigenvalue weighted by Gasteiger charge is 2.11. The van der Waals surface area contributed by atoms with E-state index in [4.69, 9.17) is 15.2 Å². The molecule has 0 aliphatic heterocycles. The zero-order chi connectivity index (χ0) is 9.33. The molecule has 0 aliphatic carbocycles. The van der Waals surface area contributed by atoms with Crippen molar-refractivity contribution >= 4 is 10.2 Å². The maximum absolute atomic E-state index is 5.03. The summed E-state index contributed by atoms with van der Waals surface area (Å²) in [6, 6.07) is 0. The number of rotatable bonds is 3. The van der Waals surface area contributed by atoms with E-state index in [2.05, 4.69) is 6.92 Å². The van der Waals surface area contributed by atoms with Gasteiger partial charge in [0, 0.05) is 14.2 Å². The highest BCUT2D eigenvalue weighted by Crippen LogP contribution is 2.00. The summed E-state index contributed by atoms with van der Waals surface area (Å²) in [6.07, 6.45) is 1.10. The second kappa shape index (κ2) is 8.20. The average Bonchev–Trinajstić information content (AvgIpc) is 2.05. The molecule has 0 spiro atoms. The first-order valence-electron chi connectivity index (χ1n) is 3.84. The summed E-state index contributed by atoms with van der Waals surface area (Å²) in [7, 11) is 4.20. The van der Waals surface area contributed by atoms with Crippen molar-refractivity contribution in [2.75, 3.05) is 20.8 Å². The van der Waals surface area contributed by atoms with Crippen LogP contribution in [0.5, 0.6) is 0 Å². The van der Waals surface area contributed by atoms with E-state index < -0.39 is 0 Å². The third-order valence-corrected chi connectivity index (χ3v) is 2.09. The first-order valence-corrected chi connectivity index (χ1v) is 4.84. The minimum atomic E-state index is -0.278. The summed E-state index contributed by atoms with van der Waals surface area (Å²) in [6.45, 7) is 4.79. The molecule has 0 saturated heterocycles. The lowest BCUT2D eigenvalue weighted by Gasteiger charge is -2.20. The Labute approximate surface area is 72.7 Å². The minimum absolute atomic E-state index is 0.278. The van der Waals surface area contributed by atoms with Crippen molar-refractivity contribution in [2.45, 2.75) is 25.7 Å². The van der Waals surface area contributed by atoms with Gasteiger partial charge in [0.05, 0.1) is 10.2 Å². The third-order valence-electron chi connectivity index (χ3n) is 1.27. The topological polar surface area (TPSA) is 44.5 Å². The normalized spacial score (nSPS) is 10.6. The maximum Gasteiger partial charge on any atom is 0.138 e. The molecule has 0 amide bonds. The van der Waals surface area contributed by atoms with E-state index in [9.17, 15) is 0 Å². The Morgan fingerprint density at radius 3 is 1.64 bits per heavy atom. The summed E-state index contributed by atoms with van der Waals surface area (Å²) in [5.74, 6) is 0. The van der Waals surface area contributed by atoms with Crippen LogP contribution in [0.25, 0.3) is 0 Å². The third kappa shape index (κ3) is 13.1. The first-order chi connectivity index (χ1) is 5.04. The van der Waals surface area contributed by atoms with Crippen LogP contribution in [0.15, 0.2) is 0 Å². The molecular weight excluding hydrogens is 158 g/mol. The molecule has 0 heterocycles. The molecule has 0 unspecified atom stereocenters. The lowest BCUT2D eigenvalue weighted by atomic mass is 10.5. The van der Waals surface area contributed by atoms with Crippen LogP contribution in [0.4, 0.5) is 0 Å². The second-order valence-electron chi connectivity index (χ2n) is 2.60. The van der Waals surface area contributed by atoms with Gasteiger partial charge in [0.15, 0.2) is 0 Å². The van der Waals surface area contributed by atoms with E-state index in [1.54, 1.807) is 14.2 Å². The van der Waals surface area contributed by atoms with Gasteiger partial charge in [0.2, 0.25) is 0 Å². The predicted molar refractivity (Wildman–Crippen MR) is 51.7 cm³/mol. The van der Waals surface area contributed by atoms with Gasteiger partial charge in [0.25, 0.3) is 0 Å². The van der Waals surface area contributed by atoms with Crippen molar-refractivity contribution in [2.24, 2.45) is 5.73 Å². The number of methoxy groups -OCH3 is 2. The van der Waals surface area contributed by atoms with Gasteiger partial charge in [-0.3, -0.25) is 0 Å². The monoisotopic (exact) mass is 179 g/mol. The predicted octanol–water partition coefficient (Wildman–Crippen LogP) is -0.327. The van der Waals surface area contributed by atoms with Crippen molar-refractivity contribution in [3.63, 3.8) is 0 Å². The molecule has 0 aromatic heterocycles. The van der Waals surface area contributed by atoms with Crippen molar-refractivity contribution in [3.05, 3.63) is 0 Å². The summed E-state index contributed by atoms with van der Waals surface area (Å²) < 4.78 is 9.85. The van der Waals surface area contributed by atoms with Crippen LogP contribution in [-0.2, 0) is 9.47 Å². The van der Waals surface area contributed by atoms with Gasteiger partial charge < -0.3 is 15.2 Å². The van der Waals surface area contributed by atoms with Gasteiger partial charge in [-0.05, 0) is 19.9 Å². The highest BCUT2D eigenvalue weighted by molar-refractivity contribution is 6.13. The number of hydrogen-bond donors (Lipinski definition) is 1. The Morgan fingerprint density at radius 2 is 1.64 bits per heavy atom. The second-order valence-corrected chi connectivity index (χ2v) is 4.41. The average molecular weight is 179 g/mol. The van der Waals surface area contributed by atoms with Crippen LogP contribution in [0.1, 0.15) is 20.3 Å². The molecule has 0 fully saturated rings. The van der Waals surface area contributed by atoms with E-state index in [1.807, 2.05) is 6.92 Å². The summed E-state index contributed by atoms with van der Waals surface area (Å²) in [4.78, 5) is 0. The molecule has 0 radical (unpaired) electrons. The first kappa shape index (κ1) is 13.7. The van der Waals surface area contributed by atoms with Gasteiger partial charge in [-0.25, -0.2) is 0 Å². The van der Waals surface area contributed by atoms with E-state index in [-0.39, 0.29) is 5.41 Å². The summed E-state index contributed by atoms with van der Waals surface area (Å²) in [5.41, 5.74) is 4.75. The molecule has 3 nitrogen and oxygen atoms in total. The van der Waals surface area contributed by atoms with Crippen molar-refractivity contribution in [3.8, 4) is 0 Å². The van der Waals surface area contributed by atoms with Gasteiger partial charge >= 0.3 is 0 Å². The Hall–Kier alpha value is 0.0969. The van der Waals surface area contributed by atoms with E-state index in [0.717, 1.165) is 23.2 Å². The fraction of sp³-hybridized carbons (Fsp3) is 1.00. The Kier molecular flexibility index (Phi) is 10.2. The van der Waals surface area contributed by atoms with Crippen molar-refractivity contribution in [1.82, 2.24) is 0 Å². The zero-order valence-electron chi connectivity index (χ0n) is 8.31. The van der Waals surface area contributed by atoms with Crippen molar-refractivity contribution < 1.29 is 9.47 Å². The number of nitrogens with two attached hydrogens (primary N) is 1. The maximum atomic E-state index is 5.03. The molecule has 70 valence electrons. The van der Waals surface area contributed by atoms with Crippen LogP contribution in [0, 0.1) is 0 Å². The molecule has 0 atom stereocenters. The standard InChI is InChI=1S/C4H12O2Si.C3H9N/c1-4(7,5-2)6-3;1-2-3-4/h1-3,7H3;2-4H2,1H3. The van der Waals surface area contributed by atoms with E-state index in [0.29, 0.717) is 0 Å². The molecule has 2 N–H and O–H groups in total. The molecule has 11 heavy (non-hydrogen) atoms. The van der Waals surface area contributed by atoms with Crippen molar-refractivity contribution in [1.29, 1.82) is 0 Å². The summed E-state index contributed by atoms with van der Waals surface area (Å²) in [5, 5.41) is 0.